The minimum absolute atomic E-state index is 0.203. The molecule has 0 radical (unpaired) electrons. The Morgan fingerprint density at radius 3 is 2.65 bits per heavy atom. The summed E-state index contributed by atoms with van der Waals surface area (Å²) < 4.78 is 67.7. The van der Waals surface area contributed by atoms with Crippen LogP contribution in [-0.2, 0) is 6.18 Å². The number of halogens is 5. The van der Waals surface area contributed by atoms with E-state index in [4.69, 9.17) is 0 Å². The molecule has 1 aliphatic heterocycles. The lowest BCUT2D eigenvalue weighted by atomic mass is 10.0. The van der Waals surface area contributed by atoms with E-state index >= 15 is 0 Å². The largest absolute Gasteiger partial charge is 0.433 e. The van der Waals surface area contributed by atoms with Gasteiger partial charge in [0.15, 0.2) is 0 Å². The highest BCUT2D eigenvalue weighted by molar-refractivity contribution is 6.25. The summed E-state index contributed by atoms with van der Waals surface area (Å²) in [7, 11) is 0. The Kier molecular flexibility index (Phi) is 4.81. The van der Waals surface area contributed by atoms with Gasteiger partial charge >= 0.3 is 6.18 Å². The number of hydrogen-bond donors (Lipinski definition) is 2. The lowest BCUT2D eigenvalue weighted by Gasteiger charge is -2.13. The molecular weight excluding hydrogens is 461 g/mol. The average molecular weight is 473 g/mol. The molecule has 1 aliphatic rings. The fraction of sp³-hybridized carbons (Fsp3) is 0.0909. The molecule has 0 saturated carbocycles. The molecule has 0 atom stereocenters. The first-order valence-corrected chi connectivity index (χ1v) is 9.73. The van der Waals surface area contributed by atoms with Crippen LogP contribution >= 0.6 is 0 Å². The van der Waals surface area contributed by atoms with E-state index in [0.29, 0.717) is 28.1 Å². The lowest BCUT2D eigenvalue weighted by molar-refractivity contribution is -0.141. The second-order valence-electron chi connectivity index (χ2n) is 7.35. The Balaban J connectivity index is 1.57. The fourth-order valence-electron chi connectivity index (χ4n) is 3.86. The molecule has 0 unspecified atom stereocenters. The number of carbonyl (C=O) groups is 2. The Labute approximate surface area is 187 Å². The predicted molar refractivity (Wildman–Crippen MR) is 111 cm³/mol. The van der Waals surface area contributed by atoms with Gasteiger partial charge in [0.25, 0.3) is 18.2 Å². The van der Waals surface area contributed by atoms with Gasteiger partial charge in [0.2, 0.25) is 0 Å². The number of benzene rings is 2. The highest BCUT2D eigenvalue weighted by Crippen LogP contribution is 2.38. The van der Waals surface area contributed by atoms with Crippen LogP contribution in [-0.4, -0.2) is 26.6 Å². The zero-order valence-corrected chi connectivity index (χ0v) is 16.8. The van der Waals surface area contributed by atoms with E-state index in [9.17, 15) is 31.5 Å². The number of carbonyl (C=O) groups excluding carboxylic acids is 2. The Hall–Kier alpha value is -4.35. The Morgan fingerprint density at radius 1 is 1.12 bits per heavy atom. The molecule has 4 aromatic rings. The van der Waals surface area contributed by atoms with Gasteiger partial charge in [-0.1, -0.05) is 12.1 Å². The fourth-order valence-corrected chi connectivity index (χ4v) is 3.86. The van der Waals surface area contributed by atoms with Crippen molar-refractivity contribution in [1.82, 2.24) is 14.8 Å². The number of nitrogens with one attached hydrogen (secondary N) is 2. The minimum atomic E-state index is -4.74. The summed E-state index contributed by atoms with van der Waals surface area (Å²) >= 11 is 0. The molecule has 7 nitrogen and oxygen atoms in total. The molecule has 5 rings (SSSR count). The van der Waals surface area contributed by atoms with Crippen LogP contribution in [0, 0.1) is 0 Å². The number of anilines is 2. The molecule has 3 heterocycles. The molecule has 34 heavy (non-hydrogen) atoms. The summed E-state index contributed by atoms with van der Waals surface area (Å²) in [6.45, 7) is 0. The predicted octanol–water partition coefficient (Wildman–Crippen LogP) is 5.19. The number of amides is 2. The molecule has 0 aliphatic carbocycles. The van der Waals surface area contributed by atoms with E-state index < -0.39 is 35.5 Å². The summed E-state index contributed by atoms with van der Waals surface area (Å²) in [5.74, 6) is -1.40. The maximum absolute atomic E-state index is 14.1. The van der Waals surface area contributed by atoms with Gasteiger partial charge in [-0.15, -0.1) is 0 Å². The van der Waals surface area contributed by atoms with E-state index in [1.165, 1.54) is 6.07 Å². The van der Waals surface area contributed by atoms with Crippen molar-refractivity contribution in [2.24, 2.45) is 0 Å². The second kappa shape index (κ2) is 7.61. The van der Waals surface area contributed by atoms with Gasteiger partial charge in [-0.05, 0) is 30.3 Å². The first-order valence-electron chi connectivity index (χ1n) is 9.73. The van der Waals surface area contributed by atoms with Crippen molar-refractivity contribution in [2.45, 2.75) is 12.6 Å². The van der Waals surface area contributed by atoms with Gasteiger partial charge in [-0.2, -0.15) is 18.3 Å². The van der Waals surface area contributed by atoms with Gasteiger partial charge in [-0.3, -0.25) is 14.6 Å². The van der Waals surface area contributed by atoms with Gasteiger partial charge in [0.05, 0.1) is 17.4 Å². The van der Waals surface area contributed by atoms with Crippen molar-refractivity contribution in [3.63, 3.8) is 0 Å². The van der Waals surface area contributed by atoms with Gasteiger partial charge in [0, 0.05) is 33.9 Å². The van der Waals surface area contributed by atoms with Crippen LogP contribution in [0.4, 0.5) is 33.3 Å². The van der Waals surface area contributed by atoms with Crippen LogP contribution in [0.1, 0.15) is 38.5 Å². The summed E-state index contributed by atoms with van der Waals surface area (Å²) in [6.07, 6.45) is -6.13. The number of aromatic nitrogens is 3. The van der Waals surface area contributed by atoms with Crippen LogP contribution in [0.2, 0.25) is 0 Å². The van der Waals surface area contributed by atoms with Crippen molar-refractivity contribution in [2.75, 3.05) is 10.6 Å². The number of hydrogen-bond acceptors (Lipinski definition) is 4. The maximum atomic E-state index is 14.1. The standard InChI is InChI=1S/C22H12F5N5O2/c23-19(24)18-13(21(34)30-10-6-7-28-16(8-10)22(25,26)27)9-29-32(18)15-5-4-14-17-11(15)2-1-3-12(17)20(33)31-14/h1-9,19H,(H,31,33)(H,28,30,34). The molecule has 0 spiro atoms. The van der Waals surface area contributed by atoms with E-state index in [1.807, 2.05) is 0 Å². The van der Waals surface area contributed by atoms with Crippen molar-refractivity contribution in [1.29, 1.82) is 0 Å². The summed E-state index contributed by atoms with van der Waals surface area (Å²) in [5.41, 5.74) is -1.69. The quantitative estimate of drug-likeness (QED) is 0.399. The lowest BCUT2D eigenvalue weighted by Crippen LogP contribution is -2.16. The average Bonchev–Trinajstić information content (AvgIpc) is 3.37. The number of pyridine rings is 1. The molecule has 2 N–H and O–H groups in total. The molecule has 0 saturated heterocycles. The van der Waals surface area contributed by atoms with Crippen molar-refractivity contribution >= 4 is 34.0 Å². The summed E-state index contributed by atoms with van der Waals surface area (Å²) in [4.78, 5) is 28.0. The van der Waals surface area contributed by atoms with Crippen LogP contribution in [0.5, 0.6) is 0 Å². The first kappa shape index (κ1) is 21.5. The summed E-state index contributed by atoms with van der Waals surface area (Å²) in [5, 5.41) is 9.81. The SMILES string of the molecule is O=C(Nc1ccnc(C(F)(F)F)c1)c1cnn(-c2ccc3c4c(cccc24)C(=O)N3)c1C(F)F. The molecule has 12 heteroatoms. The third kappa shape index (κ3) is 3.43. The number of rotatable bonds is 4. The van der Waals surface area contributed by atoms with Crippen molar-refractivity contribution in [3.8, 4) is 5.69 Å². The van der Waals surface area contributed by atoms with E-state index in [0.717, 1.165) is 23.1 Å². The molecule has 2 aromatic carbocycles. The number of alkyl halides is 5. The van der Waals surface area contributed by atoms with Gasteiger partial charge in [-0.25, -0.2) is 13.5 Å². The second-order valence-corrected chi connectivity index (χ2v) is 7.35. The van der Waals surface area contributed by atoms with Gasteiger partial charge < -0.3 is 10.6 Å². The topological polar surface area (TPSA) is 88.9 Å². The zero-order valence-electron chi connectivity index (χ0n) is 16.8. The van der Waals surface area contributed by atoms with Crippen LogP contribution in [0.3, 0.4) is 0 Å². The monoisotopic (exact) mass is 473 g/mol. The third-order valence-corrected chi connectivity index (χ3v) is 5.30. The molecule has 172 valence electrons. The molecular formula is C22H12F5N5O2. The van der Waals surface area contributed by atoms with Crippen LogP contribution in [0.15, 0.2) is 54.9 Å². The molecule has 2 aromatic heterocycles. The van der Waals surface area contributed by atoms with Gasteiger partial charge in [0.1, 0.15) is 11.4 Å². The summed E-state index contributed by atoms with van der Waals surface area (Å²) in [6, 6.07) is 9.54. The zero-order chi connectivity index (χ0) is 24.2. The molecule has 0 bridgehead atoms. The Morgan fingerprint density at radius 2 is 1.91 bits per heavy atom. The minimum Gasteiger partial charge on any atom is -0.322 e. The number of nitrogens with zero attached hydrogens (tertiary/aromatic N) is 3. The smallest absolute Gasteiger partial charge is 0.322 e. The Bertz CT molecular complexity index is 1480. The molecule has 0 fully saturated rings. The van der Waals surface area contributed by atoms with E-state index in [2.05, 4.69) is 20.7 Å². The van der Waals surface area contributed by atoms with Crippen molar-refractivity contribution < 1.29 is 31.5 Å². The first-order chi connectivity index (χ1) is 16.1. The van der Waals surface area contributed by atoms with Crippen molar-refractivity contribution in [3.05, 3.63) is 77.4 Å². The highest BCUT2D eigenvalue weighted by Gasteiger charge is 2.33. The van der Waals surface area contributed by atoms with E-state index in [1.54, 1.807) is 24.3 Å². The van der Waals surface area contributed by atoms with Crippen LogP contribution < -0.4 is 10.6 Å². The maximum Gasteiger partial charge on any atom is 0.433 e. The van der Waals surface area contributed by atoms with E-state index in [-0.39, 0.29) is 17.3 Å². The van der Waals surface area contributed by atoms with Crippen LogP contribution in [0.25, 0.3) is 16.5 Å². The molecule has 2 amide bonds. The highest BCUT2D eigenvalue weighted by atomic mass is 19.4. The third-order valence-electron chi connectivity index (χ3n) is 5.30. The normalized spacial score (nSPS) is 12.9.